The molecule has 0 saturated carbocycles. The predicted octanol–water partition coefficient (Wildman–Crippen LogP) is 2.52. The van der Waals surface area contributed by atoms with E-state index in [4.69, 9.17) is 0 Å². The highest BCUT2D eigenvalue weighted by atomic mass is 16.2. The zero-order valence-electron chi connectivity index (χ0n) is 13.1. The van der Waals surface area contributed by atoms with Crippen LogP contribution in [0.4, 0.5) is 5.69 Å². The molecule has 21 heavy (non-hydrogen) atoms. The zero-order chi connectivity index (χ0) is 15.5. The fraction of sp³-hybridized carbons (Fsp3) is 0.529. The summed E-state index contributed by atoms with van der Waals surface area (Å²) in [6.07, 6.45) is 1.85. The van der Waals surface area contributed by atoms with Crippen LogP contribution in [0.25, 0.3) is 0 Å². The molecule has 2 amide bonds. The van der Waals surface area contributed by atoms with Crippen molar-refractivity contribution in [3.63, 3.8) is 0 Å². The second kappa shape index (κ2) is 6.29. The number of fused-ring (bicyclic) bond motifs is 1. The number of hydrogen-bond acceptors (Lipinski definition) is 2. The summed E-state index contributed by atoms with van der Waals surface area (Å²) in [5.74, 6) is 0.180. The number of nitrogens with one attached hydrogen (secondary N) is 1. The van der Waals surface area contributed by atoms with Crippen LogP contribution in [0.1, 0.15) is 39.2 Å². The zero-order valence-corrected chi connectivity index (χ0v) is 13.1. The second-order valence-electron chi connectivity index (χ2n) is 6.76. The molecule has 114 valence electrons. The summed E-state index contributed by atoms with van der Waals surface area (Å²) >= 11 is 0. The summed E-state index contributed by atoms with van der Waals surface area (Å²) in [6, 6.07) is 7.98. The number of carbonyl (C=O) groups excluding carboxylic acids is 2. The van der Waals surface area contributed by atoms with E-state index in [0.717, 1.165) is 12.1 Å². The third-order valence-corrected chi connectivity index (χ3v) is 3.54. The van der Waals surface area contributed by atoms with E-state index in [2.05, 4.69) is 11.4 Å². The molecule has 0 atom stereocenters. The highest BCUT2D eigenvalue weighted by Crippen LogP contribution is 2.26. The van der Waals surface area contributed by atoms with E-state index in [9.17, 15) is 9.59 Å². The third kappa shape index (κ3) is 4.31. The van der Waals surface area contributed by atoms with Gasteiger partial charge in [-0.15, -0.1) is 0 Å². The number of carbonyl (C=O) groups is 2. The van der Waals surface area contributed by atoms with Crippen molar-refractivity contribution in [3.05, 3.63) is 29.8 Å². The van der Waals surface area contributed by atoms with Gasteiger partial charge in [-0.25, -0.2) is 0 Å². The standard InChI is InChI=1S/C17H24N2O2/c1-17(2,3)12-15(20)18-10-11-19-14-7-5-4-6-13(14)8-9-16(19)21/h4-7H,8-12H2,1-3H3,(H,18,20). The van der Waals surface area contributed by atoms with Gasteiger partial charge in [0.05, 0.1) is 0 Å². The molecule has 0 aromatic heterocycles. The molecule has 1 aliphatic heterocycles. The summed E-state index contributed by atoms with van der Waals surface area (Å²) in [7, 11) is 0. The largest absolute Gasteiger partial charge is 0.354 e. The molecule has 4 heteroatoms. The van der Waals surface area contributed by atoms with Crippen LogP contribution < -0.4 is 10.2 Å². The normalized spacial score (nSPS) is 14.8. The van der Waals surface area contributed by atoms with Gasteiger partial charge >= 0.3 is 0 Å². The van der Waals surface area contributed by atoms with Gasteiger partial charge < -0.3 is 10.2 Å². The first-order valence-electron chi connectivity index (χ1n) is 7.52. The van der Waals surface area contributed by atoms with Gasteiger partial charge in [0.1, 0.15) is 0 Å². The second-order valence-corrected chi connectivity index (χ2v) is 6.76. The fourth-order valence-corrected chi connectivity index (χ4v) is 2.59. The van der Waals surface area contributed by atoms with Gasteiger partial charge in [-0.3, -0.25) is 9.59 Å². The van der Waals surface area contributed by atoms with Gasteiger partial charge in [0.2, 0.25) is 11.8 Å². The molecular formula is C17H24N2O2. The van der Waals surface area contributed by atoms with Crippen LogP contribution in [0.5, 0.6) is 0 Å². The van der Waals surface area contributed by atoms with E-state index in [1.165, 1.54) is 5.56 Å². The molecule has 1 heterocycles. The molecular weight excluding hydrogens is 264 g/mol. The summed E-state index contributed by atoms with van der Waals surface area (Å²) < 4.78 is 0. The Labute approximate surface area is 126 Å². The van der Waals surface area contributed by atoms with Gasteiger partial charge in [-0.05, 0) is 23.5 Å². The number of hydrogen-bond donors (Lipinski definition) is 1. The Morgan fingerprint density at radius 3 is 2.67 bits per heavy atom. The number of nitrogens with zero attached hydrogens (tertiary/aromatic N) is 1. The van der Waals surface area contributed by atoms with Crippen molar-refractivity contribution in [2.45, 2.75) is 40.0 Å². The molecule has 0 aliphatic carbocycles. The highest BCUT2D eigenvalue weighted by molar-refractivity contribution is 5.96. The summed E-state index contributed by atoms with van der Waals surface area (Å²) in [5, 5.41) is 2.91. The van der Waals surface area contributed by atoms with Crippen molar-refractivity contribution in [2.75, 3.05) is 18.0 Å². The predicted molar refractivity (Wildman–Crippen MR) is 84.2 cm³/mol. The molecule has 1 aromatic carbocycles. The highest BCUT2D eigenvalue weighted by Gasteiger charge is 2.23. The van der Waals surface area contributed by atoms with Crippen molar-refractivity contribution in [1.82, 2.24) is 5.32 Å². The van der Waals surface area contributed by atoms with Crippen LogP contribution in [0.15, 0.2) is 24.3 Å². The van der Waals surface area contributed by atoms with Crippen molar-refractivity contribution in [2.24, 2.45) is 5.41 Å². The Morgan fingerprint density at radius 1 is 1.24 bits per heavy atom. The van der Waals surface area contributed by atoms with E-state index in [1.807, 2.05) is 39.0 Å². The van der Waals surface area contributed by atoms with Crippen molar-refractivity contribution in [3.8, 4) is 0 Å². The van der Waals surface area contributed by atoms with Gasteiger partial charge in [-0.1, -0.05) is 39.0 Å². The Morgan fingerprint density at radius 2 is 1.95 bits per heavy atom. The number of aryl methyl sites for hydroxylation is 1. The van der Waals surface area contributed by atoms with E-state index in [-0.39, 0.29) is 17.2 Å². The Balaban J connectivity index is 1.91. The topological polar surface area (TPSA) is 49.4 Å². The maximum Gasteiger partial charge on any atom is 0.227 e. The number of para-hydroxylation sites is 1. The summed E-state index contributed by atoms with van der Waals surface area (Å²) in [5.41, 5.74) is 2.18. The van der Waals surface area contributed by atoms with E-state index < -0.39 is 0 Å². The Kier molecular flexibility index (Phi) is 4.66. The Bertz CT molecular complexity index is 532. The van der Waals surface area contributed by atoms with Crippen LogP contribution in [0, 0.1) is 5.41 Å². The van der Waals surface area contributed by atoms with Gasteiger partial charge in [0, 0.05) is 31.6 Å². The monoisotopic (exact) mass is 288 g/mol. The fourth-order valence-electron chi connectivity index (χ4n) is 2.59. The minimum Gasteiger partial charge on any atom is -0.354 e. The smallest absolute Gasteiger partial charge is 0.227 e. The molecule has 0 unspecified atom stereocenters. The molecule has 1 aliphatic rings. The molecule has 0 radical (unpaired) electrons. The lowest BCUT2D eigenvalue weighted by Gasteiger charge is -2.29. The SMILES string of the molecule is CC(C)(C)CC(=O)NCCN1C(=O)CCc2ccccc21. The molecule has 2 rings (SSSR count). The van der Waals surface area contributed by atoms with Crippen LogP contribution in [-0.4, -0.2) is 24.9 Å². The average molecular weight is 288 g/mol. The summed E-state index contributed by atoms with van der Waals surface area (Å²) in [4.78, 5) is 25.7. The lowest BCUT2D eigenvalue weighted by Crippen LogP contribution is -2.41. The maximum atomic E-state index is 12.1. The number of anilines is 1. The van der Waals surface area contributed by atoms with Crippen LogP contribution in [0.3, 0.4) is 0 Å². The van der Waals surface area contributed by atoms with Gasteiger partial charge in [0.25, 0.3) is 0 Å². The molecule has 1 aromatic rings. The van der Waals surface area contributed by atoms with Crippen molar-refractivity contribution >= 4 is 17.5 Å². The van der Waals surface area contributed by atoms with Crippen LogP contribution in [0.2, 0.25) is 0 Å². The first-order chi connectivity index (χ1) is 9.87. The van der Waals surface area contributed by atoms with Gasteiger partial charge in [-0.2, -0.15) is 0 Å². The first kappa shape index (κ1) is 15.5. The number of rotatable bonds is 4. The van der Waals surface area contributed by atoms with Crippen LogP contribution in [-0.2, 0) is 16.0 Å². The molecule has 0 fully saturated rings. The summed E-state index contributed by atoms with van der Waals surface area (Å²) in [6.45, 7) is 7.14. The quantitative estimate of drug-likeness (QED) is 0.925. The minimum absolute atomic E-state index is 0.0162. The lowest BCUT2D eigenvalue weighted by atomic mass is 9.92. The molecule has 0 saturated heterocycles. The Hall–Kier alpha value is -1.84. The lowest BCUT2D eigenvalue weighted by molar-refractivity contribution is -0.123. The average Bonchev–Trinajstić information content (AvgIpc) is 2.39. The van der Waals surface area contributed by atoms with E-state index in [1.54, 1.807) is 4.90 Å². The van der Waals surface area contributed by atoms with E-state index in [0.29, 0.717) is 25.9 Å². The number of benzene rings is 1. The molecule has 1 N–H and O–H groups in total. The number of amides is 2. The molecule has 4 nitrogen and oxygen atoms in total. The maximum absolute atomic E-state index is 12.1. The minimum atomic E-state index is -0.0162. The van der Waals surface area contributed by atoms with Crippen LogP contribution >= 0.6 is 0 Å². The van der Waals surface area contributed by atoms with Crippen molar-refractivity contribution < 1.29 is 9.59 Å². The first-order valence-corrected chi connectivity index (χ1v) is 7.52. The van der Waals surface area contributed by atoms with Crippen molar-refractivity contribution in [1.29, 1.82) is 0 Å². The van der Waals surface area contributed by atoms with Gasteiger partial charge in [0.15, 0.2) is 0 Å². The molecule has 0 bridgehead atoms. The third-order valence-electron chi connectivity index (χ3n) is 3.54. The molecule has 0 spiro atoms. The van der Waals surface area contributed by atoms with E-state index >= 15 is 0 Å².